The van der Waals surface area contributed by atoms with Crippen LogP contribution in [0, 0.1) is 0 Å². The minimum absolute atomic E-state index is 0.106. The molecule has 2 heterocycles. The Kier molecular flexibility index (Phi) is 4.38. The lowest BCUT2D eigenvalue weighted by atomic mass is 9.87. The number of carbonyl (C=O) groups is 1. The second-order valence-corrected chi connectivity index (χ2v) is 6.47. The van der Waals surface area contributed by atoms with Crippen LogP contribution in [-0.4, -0.2) is 26.7 Å². The molecule has 0 saturated carbocycles. The summed E-state index contributed by atoms with van der Waals surface area (Å²) in [4.78, 5) is 31.7. The summed E-state index contributed by atoms with van der Waals surface area (Å²) in [6.45, 7) is 2.04. The number of thioether (sulfide) groups is 1. The van der Waals surface area contributed by atoms with E-state index in [2.05, 4.69) is 15.3 Å². The second kappa shape index (κ2) is 6.45. The van der Waals surface area contributed by atoms with Crippen LogP contribution in [0.15, 0.2) is 34.2 Å². The number of aromatic nitrogens is 2. The first kappa shape index (κ1) is 15.6. The monoisotopic (exact) mass is 331 g/mol. The number of benzene rings is 1. The van der Waals surface area contributed by atoms with Gasteiger partial charge in [-0.05, 0) is 24.1 Å². The Morgan fingerprint density at radius 1 is 1.39 bits per heavy atom. The van der Waals surface area contributed by atoms with E-state index >= 15 is 0 Å². The fourth-order valence-electron chi connectivity index (χ4n) is 2.64. The topological polar surface area (TPSA) is 95.1 Å². The molecule has 0 aliphatic carbocycles. The highest BCUT2D eigenvalue weighted by Crippen LogP contribution is 2.35. The van der Waals surface area contributed by atoms with E-state index in [-0.39, 0.29) is 23.6 Å². The number of phenolic OH excluding ortho intramolecular Hbond substituents is 1. The van der Waals surface area contributed by atoms with Crippen LogP contribution in [0.3, 0.4) is 0 Å². The molecule has 1 amide bonds. The lowest BCUT2D eigenvalue weighted by molar-refractivity contribution is -0.116. The summed E-state index contributed by atoms with van der Waals surface area (Å²) in [5.74, 6) is 0.667. The number of carbonyl (C=O) groups excluding carboxylic acids is 1. The van der Waals surface area contributed by atoms with Crippen molar-refractivity contribution < 1.29 is 9.90 Å². The van der Waals surface area contributed by atoms with Crippen molar-refractivity contribution in [3.63, 3.8) is 0 Å². The molecular weight excluding hydrogens is 314 g/mol. The number of hydrogen-bond donors (Lipinski definition) is 3. The van der Waals surface area contributed by atoms with Crippen LogP contribution < -0.4 is 10.9 Å². The largest absolute Gasteiger partial charge is 0.508 e. The number of aromatic hydroxyl groups is 1. The first-order valence-corrected chi connectivity index (χ1v) is 8.43. The van der Waals surface area contributed by atoms with Crippen molar-refractivity contribution >= 4 is 23.5 Å². The quantitative estimate of drug-likeness (QED) is 0.591. The highest BCUT2D eigenvalue weighted by Gasteiger charge is 2.31. The minimum atomic E-state index is -0.410. The number of H-pyrrole nitrogens is 1. The van der Waals surface area contributed by atoms with E-state index in [0.717, 1.165) is 17.7 Å². The zero-order valence-corrected chi connectivity index (χ0v) is 13.4. The number of fused-ring (bicyclic) bond motifs is 1. The first-order valence-electron chi connectivity index (χ1n) is 7.44. The Labute approximate surface area is 137 Å². The van der Waals surface area contributed by atoms with E-state index in [1.807, 2.05) is 6.92 Å². The molecule has 1 aliphatic heterocycles. The van der Waals surface area contributed by atoms with Crippen LogP contribution in [-0.2, 0) is 4.79 Å². The van der Waals surface area contributed by atoms with E-state index in [4.69, 9.17) is 0 Å². The van der Waals surface area contributed by atoms with Gasteiger partial charge in [-0.2, -0.15) is 0 Å². The summed E-state index contributed by atoms with van der Waals surface area (Å²) >= 11 is 1.45. The molecular formula is C16H17N3O3S. The van der Waals surface area contributed by atoms with Gasteiger partial charge in [0, 0.05) is 18.1 Å². The predicted octanol–water partition coefficient (Wildman–Crippen LogP) is 2.45. The van der Waals surface area contributed by atoms with Gasteiger partial charge < -0.3 is 15.4 Å². The van der Waals surface area contributed by atoms with Gasteiger partial charge in [-0.1, -0.05) is 30.8 Å². The Hall–Kier alpha value is -2.28. The number of amides is 1. The van der Waals surface area contributed by atoms with Gasteiger partial charge in [0.15, 0.2) is 5.16 Å². The number of hydrogen-bond acceptors (Lipinski definition) is 5. The molecule has 3 rings (SSSR count). The van der Waals surface area contributed by atoms with E-state index in [0.29, 0.717) is 16.5 Å². The van der Waals surface area contributed by atoms with Crippen molar-refractivity contribution in [2.45, 2.75) is 30.8 Å². The van der Waals surface area contributed by atoms with E-state index in [9.17, 15) is 14.7 Å². The zero-order valence-electron chi connectivity index (χ0n) is 12.6. The van der Waals surface area contributed by atoms with Crippen LogP contribution in [0.2, 0.25) is 0 Å². The van der Waals surface area contributed by atoms with Crippen molar-refractivity contribution in [2.24, 2.45) is 0 Å². The lowest BCUT2D eigenvalue weighted by Crippen LogP contribution is -2.31. The molecule has 23 heavy (non-hydrogen) atoms. The van der Waals surface area contributed by atoms with Crippen molar-refractivity contribution in [3.8, 4) is 5.75 Å². The lowest BCUT2D eigenvalue weighted by Gasteiger charge is -2.24. The Morgan fingerprint density at radius 3 is 2.96 bits per heavy atom. The molecule has 0 saturated heterocycles. The number of phenols is 1. The van der Waals surface area contributed by atoms with Crippen LogP contribution in [0.4, 0.5) is 5.82 Å². The fourth-order valence-corrected chi connectivity index (χ4v) is 3.36. The summed E-state index contributed by atoms with van der Waals surface area (Å²) in [5, 5.41) is 12.9. The summed E-state index contributed by atoms with van der Waals surface area (Å²) in [5.41, 5.74) is 0.917. The average Bonchev–Trinajstić information content (AvgIpc) is 2.51. The SMILES string of the molecule is CCCSc1nc2c(c(=O)[nH]1)[C@@H](c1cccc(O)c1)CC(=O)N2. The van der Waals surface area contributed by atoms with Gasteiger partial charge in [-0.25, -0.2) is 4.98 Å². The van der Waals surface area contributed by atoms with E-state index < -0.39 is 5.92 Å². The van der Waals surface area contributed by atoms with Crippen LogP contribution >= 0.6 is 11.8 Å². The highest BCUT2D eigenvalue weighted by molar-refractivity contribution is 7.99. The average molecular weight is 331 g/mol. The summed E-state index contributed by atoms with van der Waals surface area (Å²) in [6.07, 6.45) is 1.12. The van der Waals surface area contributed by atoms with Gasteiger partial charge in [-0.3, -0.25) is 9.59 Å². The zero-order chi connectivity index (χ0) is 16.4. The maximum atomic E-state index is 12.5. The standard InChI is InChI=1S/C16H17N3O3S/c1-2-6-23-16-18-14-13(15(22)19-16)11(8-12(21)17-14)9-4-3-5-10(20)7-9/h3-5,7,11,20H,2,6,8H2,1H3,(H2,17,18,19,21,22)/t11-/m1/s1. The first-order chi connectivity index (χ1) is 11.1. The molecule has 0 radical (unpaired) electrons. The molecule has 1 aromatic heterocycles. The molecule has 3 N–H and O–H groups in total. The second-order valence-electron chi connectivity index (χ2n) is 5.38. The van der Waals surface area contributed by atoms with Gasteiger partial charge in [-0.15, -0.1) is 0 Å². The third-order valence-corrected chi connectivity index (χ3v) is 4.72. The number of anilines is 1. The van der Waals surface area contributed by atoms with Gasteiger partial charge in [0.25, 0.3) is 5.56 Å². The van der Waals surface area contributed by atoms with Gasteiger partial charge in [0.1, 0.15) is 11.6 Å². The molecule has 6 nitrogen and oxygen atoms in total. The Morgan fingerprint density at radius 2 is 2.22 bits per heavy atom. The Bertz CT molecular complexity index is 803. The molecule has 0 bridgehead atoms. The molecule has 1 aliphatic rings. The highest BCUT2D eigenvalue weighted by atomic mass is 32.2. The Balaban J connectivity index is 2.07. The normalized spacial score (nSPS) is 16.7. The van der Waals surface area contributed by atoms with Crippen LogP contribution in [0.25, 0.3) is 0 Å². The minimum Gasteiger partial charge on any atom is -0.508 e. The maximum Gasteiger partial charge on any atom is 0.257 e. The molecule has 0 unspecified atom stereocenters. The molecule has 2 aromatic rings. The summed E-state index contributed by atoms with van der Waals surface area (Å²) in [7, 11) is 0. The number of rotatable bonds is 4. The maximum absolute atomic E-state index is 12.5. The molecule has 1 atom stereocenters. The van der Waals surface area contributed by atoms with Crippen molar-refractivity contribution in [2.75, 3.05) is 11.1 Å². The smallest absolute Gasteiger partial charge is 0.257 e. The fraction of sp³-hybridized carbons (Fsp3) is 0.312. The van der Waals surface area contributed by atoms with Crippen molar-refractivity contribution in [1.29, 1.82) is 0 Å². The molecule has 7 heteroatoms. The van der Waals surface area contributed by atoms with Gasteiger partial charge in [0.2, 0.25) is 5.91 Å². The third kappa shape index (κ3) is 3.24. The van der Waals surface area contributed by atoms with Crippen LogP contribution in [0.1, 0.15) is 36.8 Å². The summed E-state index contributed by atoms with van der Waals surface area (Å²) in [6, 6.07) is 6.63. The summed E-state index contributed by atoms with van der Waals surface area (Å²) < 4.78 is 0. The predicted molar refractivity (Wildman–Crippen MR) is 89.1 cm³/mol. The van der Waals surface area contributed by atoms with Gasteiger partial charge >= 0.3 is 0 Å². The van der Waals surface area contributed by atoms with E-state index in [1.165, 1.54) is 11.8 Å². The van der Waals surface area contributed by atoms with Gasteiger partial charge in [0.05, 0.1) is 5.56 Å². The molecule has 0 fully saturated rings. The number of nitrogens with one attached hydrogen (secondary N) is 2. The number of aromatic amines is 1. The van der Waals surface area contributed by atoms with E-state index in [1.54, 1.807) is 24.3 Å². The van der Waals surface area contributed by atoms with Crippen molar-refractivity contribution in [3.05, 3.63) is 45.7 Å². The van der Waals surface area contributed by atoms with Crippen LogP contribution in [0.5, 0.6) is 5.75 Å². The number of nitrogens with zero attached hydrogens (tertiary/aromatic N) is 1. The molecule has 0 spiro atoms. The third-order valence-electron chi connectivity index (χ3n) is 3.64. The van der Waals surface area contributed by atoms with Crippen molar-refractivity contribution in [1.82, 2.24) is 9.97 Å². The molecule has 1 aromatic carbocycles. The molecule has 120 valence electrons.